The van der Waals surface area contributed by atoms with Crippen molar-refractivity contribution in [2.75, 3.05) is 20.2 Å². The molecule has 3 rings (SSSR count). The summed E-state index contributed by atoms with van der Waals surface area (Å²) in [6.45, 7) is 0.240. The van der Waals surface area contributed by atoms with Gasteiger partial charge < -0.3 is 4.74 Å². The van der Waals surface area contributed by atoms with Crippen LogP contribution in [0.3, 0.4) is 0 Å². The van der Waals surface area contributed by atoms with Gasteiger partial charge in [-0.3, -0.25) is 0 Å². The summed E-state index contributed by atoms with van der Waals surface area (Å²) in [5.41, 5.74) is 0. The Balaban J connectivity index is 1.81. The molecule has 1 saturated heterocycles. The summed E-state index contributed by atoms with van der Waals surface area (Å²) >= 11 is 5.95. The average Bonchev–Trinajstić information content (AvgIpc) is 2.68. The number of methoxy groups -OCH3 is 1. The van der Waals surface area contributed by atoms with Crippen molar-refractivity contribution < 1.29 is 21.6 Å². The molecule has 0 aliphatic carbocycles. The number of piperidine rings is 1. The molecule has 2 aromatic rings. The fourth-order valence-corrected chi connectivity index (χ4v) is 6.82. The third kappa shape index (κ3) is 3.99. The number of hydrogen-bond acceptors (Lipinski definition) is 5. The number of nitrogens with zero attached hydrogens (tertiary/aromatic N) is 1. The largest absolute Gasteiger partial charge is 0.495 e. The van der Waals surface area contributed by atoms with Crippen LogP contribution >= 0.6 is 11.6 Å². The Hall–Kier alpha value is -1.61. The highest BCUT2D eigenvalue weighted by molar-refractivity contribution is 7.92. The second-order valence-electron chi connectivity index (χ2n) is 6.26. The molecular formula is C18H20ClNO5S2. The van der Waals surface area contributed by atoms with Gasteiger partial charge in [-0.15, -0.1) is 0 Å². The highest BCUT2D eigenvalue weighted by Crippen LogP contribution is 2.32. The summed E-state index contributed by atoms with van der Waals surface area (Å²) in [6, 6.07) is 12.6. The number of rotatable bonds is 5. The molecule has 1 fully saturated rings. The van der Waals surface area contributed by atoms with E-state index < -0.39 is 25.1 Å². The summed E-state index contributed by atoms with van der Waals surface area (Å²) in [5.74, 6) is 0.207. The van der Waals surface area contributed by atoms with Crippen LogP contribution in [0.5, 0.6) is 5.75 Å². The Morgan fingerprint density at radius 1 is 1.00 bits per heavy atom. The Labute approximate surface area is 164 Å². The third-order valence-electron chi connectivity index (χ3n) is 4.66. The molecule has 6 nitrogen and oxygen atoms in total. The van der Waals surface area contributed by atoms with E-state index in [1.54, 1.807) is 36.4 Å². The van der Waals surface area contributed by atoms with Crippen LogP contribution in [0.2, 0.25) is 5.02 Å². The molecule has 146 valence electrons. The number of ether oxygens (including phenoxy) is 1. The van der Waals surface area contributed by atoms with E-state index in [0.29, 0.717) is 0 Å². The van der Waals surface area contributed by atoms with E-state index >= 15 is 0 Å². The van der Waals surface area contributed by atoms with Gasteiger partial charge in [0.25, 0.3) is 0 Å². The second kappa shape index (κ2) is 7.79. The van der Waals surface area contributed by atoms with Crippen LogP contribution in [0.1, 0.15) is 12.8 Å². The van der Waals surface area contributed by atoms with E-state index in [1.807, 2.05) is 0 Å². The zero-order valence-corrected chi connectivity index (χ0v) is 17.1. The molecule has 1 heterocycles. The van der Waals surface area contributed by atoms with Crippen molar-refractivity contribution in [3.63, 3.8) is 0 Å². The standard InChI is InChI=1S/C18H20ClNO5S2/c1-25-17-8-7-14(19)13-18(17)27(23,24)20-11-9-16(10-12-20)26(21,22)15-5-3-2-4-6-15/h2-8,13,16H,9-12H2,1H3. The van der Waals surface area contributed by atoms with E-state index in [0.717, 1.165) is 0 Å². The van der Waals surface area contributed by atoms with Crippen LogP contribution in [0.15, 0.2) is 58.3 Å². The van der Waals surface area contributed by atoms with Crippen molar-refractivity contribution in [1.29, 1.82) is 0 Å². The van der Waals surface area contributed by atoms with Crippen LogP contribution in [0.4, 0.5) is 0 Å². The number of sulfonamides is 1. The molecule has 0 saturated carbocycles. The lowest BCUT2D eigenvalue weighted by atomic mass is 10.2. The molecule has 0 unspecified atom stereocenters. The normalized spacial score (nSPS) is 17.0. The SMILES string of the molecule is COc1ccc(Cl)cc1S(=O)(=O)N1CCC(S(=O)(=O)c2ccccc2)CC1. The highest BCUT2D eigenvalue weighted by Gasteiger charge is 2.36. The third-order valence-corrected chi connectivity index (χ3v) is 9.09. The number of sulfone groups is 1. The molecule has 0 N–H and O–H groups in total. The summed E-state index contributed by atoms with van der Waals surface area (Å²) < 4.78 is 57.9. The first kappa shape index (κ1) is 20.1. The molecule has 0 radical (unpaired) electrons. The maximum Gasteiger partial charge on any atom is 0.246 e. The van der Waals surface area contributed by atoms with Gasteiger partial charge in [0.2, 0.25) is 10.0 Å². The zero-order valence-electron chi connectivity index (χ0n) is 14.7. The van der Waals surface area contributed by atoms with E-state index in [1.165, 1.54) is 23.5 Å². The molecule has 27 heavy (non-hydrogen) atoms. The Kier molecular flexibility index (Phi) is 5.81. The number of halogens is 1. The van der Waals surface area contributed by atoms with Crippen molar-refractivity contribution in [2.24, 2.45) is 0 Å². The smallest absolute Gasteiger partial charge is 0.246 e. The van der Waals surface area contributed by atoms with Gasteiger partial charge >= 0.3 is 0 Å². The Bertz CT molecular complexity index is 1010. The van der Waals surface area contributed by atoms with Gasteiger partial charge in [0.15, 0.2) is 9.84 Å². The van der Waals surface area contributed by atoms with Crippen LogP contribution in [0.25, 0.3) is 0 Å². The van der Waals surface area contributed by atoms with Crippen molar-refractivity contribution >= 4 is 31.5 Å². The monoisotopic (exact) mass is 429 g/mol. The second-order valence-corrected chi connectivity index (χ2v) is 10.8. The van der Waals surface area contributed by atoms with Crippen molar-refractivity contribution in [2.45, 2.75) is 27.9 Å². The first-order valence-electron chi connectivity index (χ1n) is 8.39. The lowest BCUT2D eigenvalue weighted by Crippen LogP contribution is -2.42. The molecule has 0 aromatic heterocycles. The summed E-state index contributed by atoms with van der Waals surface area (Å²) in [7, 11) is -5.92. The van der Waals surface area contributed by atoms with Crippen LogP contribution in [0, 0.1) is 0 Å². The molecule has 2 aromatic carbocycles. The summed E-state index contributed by atoms with van der Waals surface area (Å²) in [6.07, 6.45) is 0.471. The highest BCUT2D eigenvalue weighted by atomic mass is 35.5. The van der Waals surface area contributed by atoms with E-state index in [2.05, 4.69) is 0 Å². The van der Waals surface area contributed by atoms with Gasteiger partial charge in [-0.05, 0) is 43.2 Å². The zero-order chi connectivity index (χ0) is 19.7. The molecule has 0 bridgehead atoms. The first-order valence-corrected chi connectivity index (χ1v) is 11.8. The van der Waals surface area contributed by atoms with Crippen LogP contribution < -0.4 is 4.74 Å². The number of hydrogen-bond donors (Lipinski definition) is 0. The van der Waals surface area contributed by atoms with Crippen molar-refractivity contribution in [1.82, 2.24) is 4.31 Å². The van der Waals surface area contributed by atoms with Gasteiger partial charge in [-0.25, -0.2) is 16.8 Å². The molecule has 0 atom stereocenters. The predicted octanol–water partition coefficient (Wildman–Crippen LogP) is 2.98. The van der Waals surface area contributed by atoms with Crippen LogP contribution in [-0.4, -0.2) is 46.6 Å². The van der Waals surface area contributed by atoms with Crippen LogP contribution in [-0.2, 0) is 19.9 Å². The minimum Gasteiger partial charge on any atom is -0.495 e. The van der Waals surface area contributed by atoms with Crippen molar-refractivity contribution in [3.05, 3.63) is 53.6 Å². The minimum atomic E-state index is -3.83. The first-order chi connectivity index (χ1) is 12.8. The Morgan fingerprint density at radius 3 is 2.22 bits per heavy atom. The summed E-state index contributed by atoms with van der Waals surface area (Å²) in [4.78, 5) is 0.254. The molecular weight excluding hydrogens is 410 g/mol. The molecule has 0 amide bonds. The molecule has 1 aliphatic rings. The van der Waals surface area contributed by atoms with E-state index in [4.69, 9.17) is 16.3 Å². The quantitative estimate of drug-likeness (QED) is 0.729. The average molecular weight is 430 g/mol. The molecule has 0 spiro atoms. The maximum atomic E-state index is 13.0. The van der Waals surface area contributed by atoms with Gasteiger partial charge in [-0.2, -0.15) is 4.31 Å². The van der Waals surface area contributed by atoms with Crippen molar-refractivity contribution in [3.8, 4) is 5.75 Å². The van der Waals surface area contributed by atoms with E-state index in [-0.39, 0.29) is 46.5 Å². The topological polar surface area (TPSA) is 80.8 Å². The predicted molar refractivity (Wildman–Crippen MR) is 103 cm³/mol. The van der Waals surface area contributed by atoms with Gasteiger partial charge in [-0.1, -0.05) is 29.8 Å². The summed E-state index contributed by atoms with van der Waals surface area (Å²) in [5, 5.41) is -0.316. The molecule has 9 heteroatoms. The van der Waals surface area contributed by atoms with Gasteiger partial charge in [0.1, 0.15) is 10.6 Å². The Morgan fingerprint density at radius 2 is 1.63 bits per heavy atom. The van der Waals surface area contributed by atoms with Gasteiger partial charge in [0, 0.05) is 18.1 Å². The maximum absolute atomic E-state index is 13.0. The lowest BCUT2D eigenvalue weighted by molar-refractivity contribution is 0.342. The van der Waals surface area contributed by atoms with E-state index in [9.17, 15) is 16.8 Å². The molecule has 1 aliphatic heterocycles. The minimum absolute atomic E-state index is 0.0122. The lowest BCUT2D eigenvalue weighted by Gasteiger charge is -2.31. The van der Waals surface area contributed by atoms with Gasteiger partial charge in [0.05, 0.1) is 17.3 Å². The fourth-order valence-electron chi connectivity index (χ4n) is 3.18. The fraction of sp³-hybridized carbons (Fsp3) is 0.333. The number of benzene rings is 2.